The van der Waals surface area contributed by atoms with Gasteiger partial charge in [0.1, 0.15) is 5.03 Å². The molecule has 2 rings (SSSR count). The van der Waals surface area contributed by atoms with E-state index in [0.717, 1.165) is 18.0 Å². The molecule has 2 aromatic rings. The summed E-state index contributed by atoms with van der Waals surface area (Å²) in [7, 11) is 0. The molecular formula is C9H9ClFN5OS. The van der Waals surface area contributed by atoms with Crippen molar-refractivity contribution in [3.05, 3.63) is 27.8 Å². The number of aromatic amines is 1. The Balaban J connectivity index is 2.40. The first-order chi connectivity index (χ1) is 8.49. The van der Waals surface area contributed by atoms with Crippen LogP contribution in [0.4, 0.5) is 4.39 Å². The van der Waals surface area contributed by atoms with Gasteiger partial charge in [-0.1, -0.05) is 0 Å². The van der Waals surface area contributed by atoms with Crippen LogP contribution in [0.1, 0.15) is 19.9 Å². The summed E-state index contributed by atoms with van der Waals surface area (Å²) >= 11 is 6.51. The molecule has 0 aliphatic heterocycles. The molecule has 2 aromatic heterocycles. The molecule has 0 radical (unpaired) electrons. The molecule has 0 spiro atoms. The highest BCUT2D eigenvalue weighted by Gasteiger charge is 2.16. The SMILES string of the molecule is CC(C)n1c(Sc2nc(Cl)ncc2F)n[nH]c1=O. The van der Waals surface area contributed by atoms with Crippen molar-refractivity contribution in [2.75, 3.05) is 0 Å². The van der Waals surface area contributed by atoms with Crippen molar-refractivity contribution in [3.8, 4) is 0 Å². The van der Waals surface area contributed by atoms with Gasteiger partial charge in [0.05, 0.1) is 6.20 Å². The summed E-state index contributed by atoms with van der Waals surface area (Å²) in [6, 6.07) is -0.0980. The van der Waals surface area contributed by atoms with Gasteiger partial charge in [-0.15, -0.1) is 5.10 Å². The first-order valence-corrected chi connectivity index (χ1v) is 6.21. The topological polar surface area (TPSA) is 76.5 Å². The van der Waals surface area contributed by atoms with Crippen LogP contribution in [0.15, 0.2) is 21.2 Å². The van der Waals surface area contributed by atoms with Crippen molar-refractivity contribution in [3.63, 3.8) is 0 Å². The Bertz CT molecular complexity index is 626. The summed E-state index contributed by atoms with van der Waals surface area (Å²) in [6.07, 6.45) is 0.974. The minimum Gasteiger partial charge on any atom is -0.267 e. The molecule has 0 fully saturated rings. The summed E-state index contributed by atoms with van der Waals surface area (Å²) in [5.41, 5.74) is -0.354. The maximum atomic E-state index is 13.5. The van der Waals surface area contributed by atoms with E-state index in [4.69, 9.17) is 11.6 Å². The zero-order valence-electron chi connectivity index (χ0n) is 9.52. The van der Waals surface area contributed by atoms with E-state index in [-0.39, 0.29) is 22.0 Å². The Hall–Kier alpha value is -1.41. The Morgan fingerprint density at radius 1 is 1.56 bits per heavy atom. The number of aromatic nitrogens is 5. The molecule has 0 aromatic carbocycles. The molecule has 0 saturated carbocycles. The molecule has 9 heteroatoms. The number of halogens is 2. The molecule has 0 saturated heterocycles. The molecule has 2 heterocycles. The monoisotopic (exact) mass is 289 g/mol. The van der Waals surface area contributed by atoms with Crippen molar-refractivity contribution in [2.24, 2.45) is 0 Å². The highest BCUT2D eigenvalue weighted by molar-refractivity contribution is 7.99. The smallest absolute Gasteiger partial charge is 0.267 e. The van der Waals surface area contributed by atoms with Crippen LogP contribution in [0, 0.1) is 5.82 Å². The number of hydrogen-bond donors (Lipinski definition) is 1. The quantitative estimate of drug-likeness (QED) is 0.690. The van der Waals surface area contributed by atoms with E-state index in [9.17, 15) is 9.18 Å². The average molecular weight is 290 g/mol. The van der Waals surface area contributed by atoms with Crippen LogP contribution < -0.4 is 5.69 Å². The lowest BCUT2D eigenvalue weighted by molar-refractivity contribution is 0.532. The van der Waals surface area contributed by atoms with Crippen molar-refractivity contribution in [2.45, 2.75) is 30.1 Å². The fraction of sp³-hybridized carbons (Fsp3) is 0.333. The summed E-state index contributed by atoms with van der Waals surface area (Å²) in [6.45, 7) is 3.65. The molecule has 0 aliphatic carbocycles. The fourth-order valence-corrected chi connectivity index (χ4v) is 2.43. The Labute approximate surface area is 111 Å². The Morgan fingerprint density at radius 2 is 2.28 bits per heavy atom. The van der Waals surface area contributed by atoms with E-state index in [1.807, 2.05) is 13.8 Å². The van der Waals surface area contributed by atoms with E-state index in [1.54, 1.807) is 0 Å². The molecular weight excluding hydrogens is 281 g/mol. The molecule has 0 atom stereocenters. The van der Waals surface area contributed by atoms with Gasteiger partial charge in [-0.2, -0.15) is 0 Å². The first kappa shape index (κ1) is 13.0. The second kappa shape index (κ2) is 5.07. The van der Waals surface area contributed by atoms with Crippen LogP contribution in [0.2, 0.25) is 5.28 Å². The summed E-state index contributed by atoms with van der Waals surface area (Å²) in [5.74, 6) is -0.616. The number of nitrogens with one attached hydrogen (secondary N) is 1. The lowest BCUT2D eigenvalue weighted by atomic mass is 10.4. The van der Waals surface area contributed by atoms with Crippen LogP contribution in [-0.2, 0) is 0 Å². The van der Waals surface area contributed by atoms with Crippen molar-refractivity contribution in [1.29, 1.82) is 0 Å². The van der Waals surface area contributed by atoms with Crippen LogP contribution in [0.5, 0.6) is 0 Å². The third kappa shape index (κ3) is 2.54. The number of rotatable bonds is 3. The molecule has 6 nitrogen and oxygen atoms in total. The predicted molar refractivity (Wildman–Crippen MR) is 64.4 cm³/mol. The molecule has 0 bridgehead atoms. The van der Waals surface area contributed by atoms with Crippen molar-refractivity contribution >= 4 is 23.4 Å². The van der Waals surface area contributed by atoms with Crippen LogP contribution in [0.3, 0.4) is 0 Å². The Kier molecular flexibility index (Phi) is 3.67. The van der Waals surface area contributed by atoms with Crippen LogP contribution in [-0.4, -0.2) is 24.7 Å². The standard InChI is InChI=1S/C9H9ClFN5OS/c1-4(2)16-8(17)14-15-9(16)18-6-5(11)3-12-7(10)13-6/h3-4H,1-2H3,(H,14,17). The summed E-state index contributed by atoms with van der Waals surface area (Å²) < 4.78 is 14.9. The van der Waals surface area contributed by atoms with E-state index in [2.05, 4.69) is 20.2 Å². The molecule has 18 heavy (non-hydrogen) atoms. The summed E-state index contributed by atoms with van der Waals surface area (Å²) in [4.78, 5) is 18.8. The molecule has 0 aliphatic rings. The molecule has 0 amide bonds. The average Bonchev–Trinajstić information content (AvgIpc) is 2.65. The van der Waals surface area contributed by atoms with E-state index in [1.165, 1.54) is 4.57 Å². The zero-order valence-corrected chi connectivity index (χ0v) is 11.1. The van der Waals surface area contributed by atoms with E-state index < -0.39 is 5.82 Å². The molecule has 1 N–H and O–H groups in total. The van der Waals surface area contributed by atoms with Crippen molar-refractivity contribution in [1.82, 2.24) is 24.7 Å². The van der Waals surface area contributed by atoms with Gasteiger partial charge < -0.3 is 0 Å². The minimum absolute atomic E-state index is 0.0240. The first-order valence-electron chi connectivity index (χ1n) is 5.02. The van der Waals surface area contributed by atoms with Crippen LogP contribution >= 0.6 is 23.4 Å². The lowest BCUT2D eigenvalue weighted by Crippen LogP contribution is -2.19. The molecule has 96 valence electrons. The summed E-state index contributed by atoms with van der Waals surface area (Å²) in [5, 5.41) is 6.42. The zero-order chi connectivity index (χ0) is 13.3. The second-order valence-corrected chi connectivity index (χ2v) is 4.96. The maximum Gasteiger partial charge on any atom is 0.344 e. The third-order valence-corrected chi connectivity index (χ3v) is 3.19. The number of hydrogen-bond acceptors (Lipinski definition) is 5. The highest BCUT2D eigenvalue weighted by Crippen LogP contribution is 2.27. The minimum atomic E-state index is -0.616. The highest BCUT2D eigenvalue weighted by atomic mass is 35.5. The maximum absolute atomic E-state index is 13.5. The van der Waals surface area contributed by atoms with Gasteiger partial charge in [0.25, 0.3) is 0 Å². The lowest BCUT2D eigenvalue weighted by Gasteiger charge is -2.08. The van der Waals surface area contributed by atoms with E-state index in [0.29, 0.717) is 5.16 Å². The fourth-order valence-electron chi connectivity index (χ4n) is 1.31. The second-order valence-electron chi connectivity index (χ2n) is 3.67. The molecule has 0 unspecified atom stereocenters. The predicted octanol–water partition coefficient (Wildman–Crippen LogP) is 1.89. The van der Waals surface area contributed by atoms with Gasteiger partial charge in [-0.05, 0) is 37.2 Å². The van der Waals surface area contributed by atoms with Gasteiger partial charge in [-0.3, -0.25) is 4.57 Å². The number of nitrogens with zero attached hydrogens (tertiary/aromatic N) is 4. The Morgan fingerprint density at radius 3 is 2.94 bits per heavy atom. The number of H-pyrrole nitrogens is 1. The van der Waals surface area contributed by atoms with Gasteiger partial charge in [0, 0.05) is 6.04 Å². The third-order valence-electron chi connectivity index (χ3n) is 2.06. The normalized spacial score (nSPS) is 11.2. The van der Waals surface area contributed by atoms with Crippen LogP contribution in [0.25, 0.3) is 0 Å². The van der Waals surface area contributed by atoms with Gasteiger partial charge in [-0.25, -0.2) is 24.3 Å². The van der Waals surface area contributed by atoms with Gasteiger partial charge >= 0.3 is 5.69 Å². The van der Waals surface area contributed by atoms with Crippen molar-refractivity contribution < 1.29 is 4.39 Å². The largest absolute Gasteiger partial charge is 0.344 e. The van der Waals surface area contributed by atoms with E-state index >= 15 is 0 Å². The van der Waals surface area contributed by atoms with Gasteiger partial charge in [0.15, 0.2) is 11.0 Å². The van der Waals surface area contributed by atoms with Gasteiger partial charge in [0.2, 0.25) is 5.28 Å².